The summed E-state index contributed by atoms with van der Waals surface area (Å²) in [5, 5.41) is 15.0. The van der Waals surface area contributed by atoms with Crippen LogP contribution in [0, 0.1) is 5.41 Å². The molecule has 0 spiro atoms. The van der Waals surface area contributed by atoms with Gasteiger partial charge in [-0.3, -0.25) is 4.79 Å². The van der Waals surface area contributed by atoms with Crippen molar-refractivity contribution < 1.29 is 9.90 Å². The topological polar surface area (TPSA) is 49.3 Å². The second-order valence-corrected chi connectivity index (χ2v) is 6.49. The van der Waals surface area contributed by atoms with Crippen molar-refractivity contribution in [3.63, 3.8) is 0 Å². The first-order valence-corrected chi connectivity index (χ1v) is 7.33. The summed E-state index contributed by atoms with van der Waals surface area (Å²) in [5.41, 5.74) is 0.493. The van der Waals surface area contributed by atoms with Crippen LogP contribution >= 0.6 is 0 Å². The van der Waals surface area contributed by atoms with Crippen molar-refractivity contribution in [2.24, 2.45) is 5.41 Å². The van der Waals surface area contributed by atoms with Gasteiger partial charge in [-0.25, -0.2) is 0 Å². The zero-order chi connectivity index (χ0) is 15.5. The van der Waals surface area contributed by atoms with E-state index in [2.05, 4.69) is 5.32 Å². The highest BCUT2D eigenvalue weighted by molar-refractivity contribution is 5.98. The molecule has 21 heavy (non-hydrogen) atoms. The van der Waals surface area contributed by atoms with E-state index in [1.54, 1.807) is 0 Å². The van der Waals surface area contributed by atoms with Crippen molar-refractivity contribution in [3.05, 3.63) is 48.0 Å². The first kappa shape index (κ1) is 15.5. The Morgan fingerprint density at radius 1 is 1.14 bits per heavy atom. The third-order valence-corrected chi connectivity index (χ3v) is 3.71. The van der Waals surface area contributed by atoms with Gasteiger partial charge in [0.1, 0.15) is 0 Å². The normalized spacial score (nSPS) is 13.1. The molecule has 0 aliphatic carbocycles. The Kier molecular flexibility index (Phi) is 4.63. The molecule has 112 valence electrons. The van der Waals surface area contributed by atoms with Gasteiger partial charge in [0.25, 0.3) is 5.91 Å². The number of aliphatic hydroxyl groups is 1. The molecule has 2 aromatic carbocycles. The van der Waals surface area contributed by atoms with Gasteiger partial charge in [0.2, 0.25) is 0 Å². The monoisotopic (exact) mass is 285 g/mol. The smallest absolute Gasteiger partial charge is 0.251 e. The van der Waals surface area contributed by atoms with Crippen LogP contribution in [0.1, 0.15) is 37.6 Å². The highest BCUT2D eigenvalue weighted by Gasteiger charge is 2.21. The molecule has 0 saturated heterocycles. The third-order valence-electron chi connectivity index (χ3n) is 3.71. The lowest BCUT2D eigenvalue weighted by Crippen LogP contribution is -2.32. The van der Waals surface area contributed by atoms with E-state index in [0.717, 1.165) is 10.8 Å². The number of benzene rings is 2. The number of fused-ring (bicyclic) bond motifs is 1. The number of carbonyl (C=O) groups excluding carboxylic acids is 1. The van der Waals surface area contributed by atoms with Gasteiger partial charge in [-0.05, 0) is 34.7 Å². The van der Waals surface area contributed by atoms with Gasteiger partial charge >= 0.3 is 0 Å². The zero-order valence-electron chi connectivity index (χ0n) is 12.9. The number of nitrogens with one attached hydrogen (secondary N) is 1. The minimum Gasteiger partial charge on any atom is -0.393 e. The van der Waals surface area contributed by atoms with Crippen LogP contribution in [0.4, 0.5) is 0 Å². The minimum atomic E-state index is -0.422. The van der Waals surface area contributed by atoms with Gasteiger partial charge in [-0.1, -0.05) is 51.1 Å². The van der Waals surface area contributed by atoms with Crippen LogP contribution in [0.5, 0.6) is 0 Å². The average Bonchev–Trinajstić information content (AvgIpc) is 2.45. The molecular formula is C18H23NO2. The first-order chi connectivity index (χ1) is 9.88. The number of rotatable bonds is 4. The van der Waals surface area contributed by atoms with Crippen molar-refractivity contribution >= 4 is 16.7 Å². The summed E-state index contributed by atoms with van der Waals surface area (Å²) in [5.74, 6) is -0.0955. The number of carbonyl (C=O) groups is 1. The van der Waals surface area contributed by atoms with Gasteiger partial charge in [0, 0.05) is 12.1 Å². The number of hydrogen-bond acceptors (Lipinski definition) is 2. The summed E-state index contributed by atoms with van der Waals surface area (Å²) in [6.07, 6.45) is 0.137. The third kappa shape index (κ3) is 4.05. The molecular weight excluding hydrogens is 262 g/mol. The van der Waals surface area contributed by atoms with Crippen molar-refractivity contribution in [2.75, 3.05) is 6.54 Å². The SMILES string of the molecule is CC(C)(C)C(O)CCNC(=O)c1ccc2ccccc2c1. The summed E-state index contributed by atoms with van der Waals surface area (Å²) >= 11 is 0. The summed E-state index contributed by atoms with van der Waals surface area (Å²) < 4.78 is 0. The van der Waals surface area contributed by atoms with Gasteiger partial charge in [0.05, 0.1) is 6.10 Å². The molecule has 0 heterocycles. The van der Waals surface area contributed by atoms with E-state index in [9.17, 15) is 9.90 Å². The fraction of sp³-hybridized carbons (Fsp3) is 0.389. The van der Waals surface area contributed by atoms with Crippen LogP contribution in [0.3, 0.4) is 0 Å². The predicted octanol–water partition coefficient (Wildman–Crippen LogP) is 3.37. The van der Waals surface area contributed by atoms with Crippen LogP contribution in [-0.2, 0) is 0 Å². The molecule has 0 fully saturated rings. The van der Waals surface area contributed by atoms with Gasteiger partial charge in [0.15, 0.2) is 0 Å². The number of hydrogen-bond donors (Lipinski definition) is 2. The molecule has 3 nitrogen and oxygen atoms in total. The lowest BCUT2D eigenvalue weighted by atomic mass is 9.87. The molecule has 1 unspecified atom stereocenters. The number of aliphatic hydroxyl groups excluding tert-OH is 1. The zero-order valence-corrected chi connectivity index (χ0v) is 12.9. The molecule has 0 aromatic heterocycles. The van der Waals surface area contributed by atoms with E-state index >= 15 is 0 Å². The molecule has 0 aliphatic rings. The maximum atomic E-state index is 12.1. The molecule has 0 radical (unpaired) electrons. The Labute approximate surface area is 126 Å². The Hall–Kier alpha value is -1.87. The van der Waals surface area contributed by atoms with E-state index in [-0.39, 0.29) is 11.3 Å². The van der Waals surface area contributed by atoms with Crippen molar-refractivity contribution in [2.45, 2.75) is 33.3 Å². The summed E-state index contributed by atoms with van der Waals surface area (Å²) in [7, 11) is 0. The fourth-order valence-corrected chi connectivity index (χ4v) is 2.19. The molecule has 2 aromatic rings. The van der Waals surface area contributed by atoms with Crippen molar-refractivity contribution in [3.8, 4) is 0 Å². The maximum Gasteiger partial charge on any atom is 0.251 e. The second-order valence-electron chi connectivity index (χ2n) is 6.49. The van der Waals surface area contributed by atoms with Crippen LogP contribution in [0.15, 0.2) is 42.5 Å². The second kappa shape index (κ2) is 6.27. The summed E-state index contributed by atoms with van der Waals surface area (Å²) in [6.45, 7) is 6.44. The van der Waals surface area contributed by atoms with E-state index in [0.29, 0.717) is 18.5 Å². The molecule has 0 saturated carbocycles. The highest BCUT2D eigenvalue weighted by Crippen LogP contribution is 2.21. The summed E-state index contributed by atoms with van der Waals surface area (Å²) in [4.78, 5) is 12.1. The van der Waals surface area contributed by atoms with Crippen LogP contribution in [0.2, 0.25) is 0 Å². The number of amides is 1. The Bertz CT molecular complexity index is 628. The van der Waals surface area contributed by atoms with E-state index in [1.165, 1.54) is 0 Å². The highest BCUT2D eigenvalue weighted by atomic mass is 16.3. The van der Waals surface area contributed by atoms with Gasteiger partial charge in [-0.15, -0.1) is 0 Å². The van der Waals surface area contributed by atoms with Gasteiger partial charge in [-0.2, -0.15) is 0 Å². The first-order valence-electron chi connectivity index (χ1n) is 7.33. The van der Waals surface area contributed by atoms with Crippen LogP contribution < -0.4 is 5.32 Å². The Balaban J connectivity index is 1.96. The van der Waals surface area contributed by atoms with Crippen LogP contribution in [0.25, 0.3) is 10.8 Å². The van der Waals surface area contributed by atoms with E-state index in [4.69, 9.17) is 0 Å². The van der Waals surface area contributed by atoms with Crippen LogP contribution in [-0.4, -0.2) is 23.7 Å². The summed E-state index contributed by atoms with van der Waals surface area (Å²) in [6, 6.07) is 13.6. The molecule has 0 bridgehead atoms. The lowest BCUT2D eigenvalue weighted by Gasteiger charge is -2.25. The molecule has 0 aliphatic heterocycles. The molecule has 1 amide bonds. The standard InChI is InChI=1S/C18H23NO2/c1-18(2,3)16(20)10-11-19-17(21)15-9-8-13-6-4-5-7-14(13)12-15/h4-9,12,16,20H,10-11H2,1-3H3,(H,19,21). The maximum absolute atomic E-state index is 12.1. The van der Waals surface area contributed by atoms with Crippen molar-refractivity contribution in [1.82, 2.24) is 5.32 Å². The predicted molar refractivity (Wildman–Crippen MR) is 86.4 cm³/mol. The quantitative estimate of drug-likeness (QED) is 0.905. The molecule has 1 atom stereocenters. The Morgan fingerprint density at radius 2 is 1.81 bits per heavy atom. The molecule has 2 N–H and O–H groups in total. The average molecular weight is 285 g/mol. The lowest BCUT2D eigenvalue weighted by molar-refractivity contribution is 0.0551. The van der Waals surface area contributed by atoms with E-state index in [1.807, 2.05) is 63.2 Å². The Morgan fingerprint density at radius 3 is 2.48 bits per heavy atom. The van der Waals surface area contributed by atoms with Gasteiger partial charge < -0.3 is 10.4 Å². The van der Waals surface area contributed by atoms with E-state index < -0.39 is 6.10 Å². The molecule has 2 rings (SSSR count). The molecule has 3 heteroatoms. The minimum absolute atomic E-state index is 0.0955. The van der Waals surface area contributed by atoms with Crippen molar-refractivity contribution in [1.29, 1.82) is 0 Å². The largest absolute Gasteiger partial charge is 0.393 e. The fourth-order valence-electron chi connectivity index (χ4n) is 2.19.